The lowest BCUT2D eigenvalue weighted by molar-refractivity contribution is -0.122. The van der Waals surface area contributed by atoms with Gasteiger partial charge in [0.25, 0.3) is 11.8 Å². The molecule has 2 bridgehead atoms. The molecule has 1 saturated carbocycles. The molecular formula is C23H25FN4O5. The lowest BCUT2D eigenvalue weighted by atomic mass is 10.1. The van der Waals surface area contributed by atoms with Crippen LogP contribution in [0.1, 0.15) is 64.6 Å². The zero-order chi connectivity index (χ0) is 22.9. The molecule has 2 fully saturated rings. The van der Waals surface area contributed by atoms with Gasteiger partial charge in [-0.1, -0.05) is 5.16 Å². The van der Waals surface area contributed by atoms with Crippen molar-refractivity contribution >= 4 is 17.7 Å². The van der Waals surface area contributed by atoms with Crippen LogP contribution in [0.15, 0.2) is 28.8 Å². The summed E-state index contributed by atoms with van der Waals surface area (Å²) < 4.78 is 24.7. The molecule has 2 atom stereocenters. The highest BCUT2D eigenvalue weighted by Gasteiger charge is 2.40. The van der Waals surface area contributed by atoms with Crippen LogP contribution in [0, 0.1) is 5.82 Å². The quantitative estimate of drug-likeness (QED) is 0.715. The highest BCUT2D eigenvalue weighted by Crippen LogP contribution is 2.40. The van der Waals surface area contributed by atoms with Crippen LogP contribution in [-0.2, 0) is 4.79 Å². The first-order valence-corrected chi connectivity index (χ1v) is 11.3. The van der Waals surface area contributed by atoms with Crippen molar-refractivity contribution in [3.8, 4) is 5.75 Å². The standard InChI is InChI=1S/C23H25FN4O5/c24-14-3-6-19-17(9-14)22(30)26-12-16-5-4-15(10-21(29)25-7-8-32-19)28(16)23(31)20-11-18(27-33-20)13-1-2-13/h3,6,9,11,13,15-16H,1-2,4-5,7-8,10,12H2,(H,25,29)(H,26,30)/t15-,16+/m0/s1. The van der Waals surface area contributed by atoms with E-state index in [1.54, 1.807) is 11.0 Å². The van der Waals surface area contributed by atoms with Crippen molar-refractivity contribution in [1.82, 2.24) is 20.7 Å². The number of hydrogen-bond donors (Lipinski definition) is 2. The molecule has 2 N–H and O–H groups in total. The summed E-state index contributed by atoms with van der Waals surface area (Å²) in [6, 6.07) is 4.73. The van der Waals surface area contributed by atoms with Gasteiger partial charge in [-0.3, -0.25) is 14.4 Å². The maximum atomic E-state index is 13.8. The molecule has 1 aliphatic carbocycles. The number of halogens is 1. The zero-order valence-electron chi connectivity index (χ0n) is 18.0. The summed E-state index contributed by atoms with van der Waals surface area (Å²) in [6.07, 6.45) is 3.44. The van der Waals surface area contributed by atoms with E-state index >= 15 is 0 Å². The van der Waals surface area contributed by atoms with Gasteiger partial charge in [-0.15, -0.1) is 0 Å². The van der Waals surface area contributed by atoms with E-state index in [0.717, 1.165) is 24.6 Å². The van der Waals surface area contributed by atoms with Gasteiger partial charge in [-0.05, 0) is 43.9 Å². The molecule has 5 rings (SSSR count). The molecular weight excluding hydrogens is 431 g/mol. The molecule has 9 nitrogen and oxygen atoms in total. The number of rotatable bonds is 2. The van der Waals surface area contributed by atoms with Gasteiger partial charge < -0.3 is 24.8 Å². The van der Waals surface area contributed by atoms with Gasteiger partial charge in [0.15, 0.2) is 0 Å². The Hall–Kier alpha value is -3.43. The number of fused-ring (bicyclic) bond motifs is 3. The minimum absolute atomic E-state index is 0.0649. The Labute approximate surface area is 189 Å². The van der Waals surface area contributed by atoms with Crippen molar-refractivity contribution in [3.63, 3.8) is 0 Å². The lowest BCUT2D eigenvalue weighted by Crippen LogP contribution is -2.48. The van der Waals surface area contributed by atoms with E-state index < -0.39 is 11.7 Å². The highest BCUT2D eigenvalue weighted by molar-refractivity contribution is 5.97. The van der Waals surface area contributed by atoms with Crippen molar-refractivity contribution in [1.29, 1.82) is 0 Å². The van der Waals surface area contributed by atoms with Crippen LogP contribution < -0.4 is 15.4 Å². The summed E-state index contributed by atoms with van der Waals surface area (Å²) >= 11 is 0. The van der Waals surface area contributed by atoms with Crippen molar-refractivity contribution < 1.29 is 28.0 Å². The van der Waals surface area contributed by atoms with Gasteiger partial charge in [0.05, 0.1) is 17.8 Å². The molecule has 33 heavy (non-hydrogen) atoms. The highest BCUT2D eigenvalue weighted by atomic mass is 19.1. The predicted molar refractivity (Wildman–Crippen MR) is 113 cm³/mol. The average Bonchev–Trinajstić information content (AvgIpc) is 3.40. The normalized spacial score (nSPS) is 23.7. The van der Waals surface area contributed by atoms with E-state index in [-0.39, 0.29) is 67.1 Å². The summed E-state index contributed by atoms with van der Waals surface area (Å²) in [5, 5.41) is 9.62. The number of hydrogen-bond acceptors (Lipinski definition) is 6. The maximum Gasteiger partial charge on any atom is 0.293 e. The molecule has 1 aromatic carbocycles. The molecule has 3 aliphatic rings. The topological polar surface area (TPSA) is 114 Å². The van der Waals surface area contributed by atoms with Crippen molar-refractivity contribution in [2.24, 2.45) is 0 Å². The van der Waals surface area contributed by atoms with Gasteiger partial charge >= 0.3 is 0 Å². The van der Waals surface area contributed by atoms with Crippen molar-refractivity contribution in [2.75, 3.05) is 19.7 Å². The van der Waals surface area contributed by atoms with Gasteiger partial charge in [-0.25, -0.2) is 4.39 Å². The number of ether oxygens (including phenoxy) is 1. The average molecular weight is 456 g/mol. The van der Waals surface area contributed by atoms with Crippen LogP contribution in [0.3, 0.4) is 0 Å². The van der Waals surface area contributed by atoms with E-state index in [9.17, 15) is 18.8 Å². The van der Waals surface area contributed by atoms with Gasteiger partial charge in [0, 0.05) is 37.0 Å². The van der Waals surface area contributed by atoms with Gasteiger partial charge in [-0.2, -0.15) is 0 Å². The maximum absolute atomic E-state index is 13.8. The summed E-state index contributed by atoms with van der Waals surface area (Å²) in [7, 11) is 0. The Bertz CT molecular complexity index is 1080. The molecule has 3 heterocycles. The second-order valence-corrected chi connectivity index (χ2v) is 8.74. The summed E-state index contributed by atoms with van der Waals surface area (Å²) in [5.74, 6) is -0.869. The number of aromatic nitrogens is 1. The summed E-state index contributed by atoms with van der Waals surface area (Å²) in [6.45, 7) is 0.492. The summed E-state index contributed by atoms with van der Waals surface area (Å²) in [4.78, 5) is 40.4. The molecule has 0 radical (unpaired) electrons. The minimum atomic E-state index is -0.559. The molecule has 0 unspecified atom stereocenters. The molecule has 174 valence electrons. The zero-order valence-corrected chi connectivity index (χ0v) is 18.0. The minimum Gasteiger partial charge on any atom is -0.491 e. The molecule has 2 aliphatic heterocycles. The Morgan fingerprint density at radius 1 is 1.09 bits per heavy atom. The fraction of sp³-hybridized carbons (Fsp3) is 0.478. The fourth-order valence-corrected chi connectivity index (χ4v) is 4.53. The molecule has 10 heteroatoms. The third-order valence-corrected chi connectivity index (χ3v) is 6.38. The smallest absolute Gasteiger partial charge is 0.293 e. The number of nitrogens with one attached hydrogen (secondary N) is 2. The summed E-state index contributed by atoms with van der Waals surface area (Å²) in [5.41, 5.74) is 0.840. The molecule has 3 amide bonds. The van der Waals surface area contributed by atoms with Crippen LogP contribution in [0.25, 0.3) is 0 Å². The Balaban J connectivity index is 1.40. The molecule has 0 spiro atoms. The van der Waals surface area contributed by atoms with E-state index in [4.69, 9.17) is 9.26 Å². The largest absolute Gasteiger partial charge is 0.491 e. The number of amides is 3. The fourth-order valence-electron chi connectivity index (χ4n) is 4.53. The van der Waals surface area contributed by atoms with Gasteiger partial charge in [0.1, 0.15) is 18.2 Å². The van der Waals surface area contributed by atoms with Crippen LogP contribution >= 0.6 is 0 Å². The lowest BCUT2D eigenvalue weighted by Gasteiger charge is -2.30. The van der Waals surface area contributed by atoms with E-state index in [1.807, 2.05) is 0 Å². The molecule has 1 aromatic heterocycles. The van der Waals surface area contributed by atoms with Crippen molar-refractivity contribution in [3.05, 3.63) is 47.1 Å². The molecule has 2 aromatic rings. The SMILES string of the molecule is O=C1C[C@@H]2CC[C@H](CNC(=O)c3cc(F)ccc3OCCN1)N2C(=O)c1cc(C2CC2)no1. The number of benzene rings is 1. The van der Waals surface area contributed by atoms with E-state index in [2.05, 4.69) is 15.8 Å². The molecule has 1 saturated heterocycles. The predicted octanol–water partition coefficient (Wildman–Crippen LogP) is 1.99. The van der Waals surface area contributed by atoms with Crippen LogP contribution in [0.5, 0.6) is 5.75 Å². The number of nitrogens with zero attached hydrogens (tertiary/aromatic N) is 2. The number of carbonyl (C=O) groups is 3. The second kappa shape index (κ2) is 8.84. The third-order valence-electron chi connectivity index (χ3n) is 6.38. The second-order valence-electron chi connectivity index (χ2n) is 8.74. The van der Waals surface area contributed by atoms with E-state index in [1.165, 1.54) is 12.1 Å². The number of carbonyl (C=O) groups excluding carboxylic acids is 3. The third kappa shape index (κ3) is 4.55. The Kier molecular flexibility index (Phi) is 5.74. The monoisotopic (exact) mass is 456 g/mol. The van der Waals surface area contributed by atoms with E-state index in [0.29, 0.717) is 18.8 Å². The first kappa shape index (κ1) is 21.4. The van der Waals surface area contributed by atoms with Gasteiger partial charge in [0.2, 0.25) is 11.7 Å². The first-order chi connectivity index (χ1) is 16.0. The van der Waals surface area contributed by atoms with Crippen LogP contribution in [0.2, 0.25) is 0 Å². The van der Waals surface area contributed by atoms with Crippen LogP contribution in [0.4, 0.5) is 4.39 Å². The Morgan fingerprint density at radius 2 is 1.91 bits per heavy atom. The van der Waals surface area contributed by atoms with Crippen LogP contribution in [-0.4, -0.2) is 59.6 Å². The Morgan fingerprint density at radius 3 is 2.73 bits per heavy atom. The van der Waals surface area contributed by atoms with Crippen molar-refractivity contribution in [2.45, 2.75) is 50.1 Å². The first-order valence-electron chi connectivity index (χ1n) is 11.3.